The van der Waals surface area contributed by atoms with Gasteiger partial charge < -0.3 is 9.84 Å². The zero-order chi connectivity index (χ0) is 22.7. The van der Waals surface area contributed by atoms with Gasteiger partial charge in [-0.3, -0.25) is 4.90 Å². The molecule has 2 rings (SSSR count). The average molecular weight is 453 g/mol. The Morgan fingerprint density at radius 3 is 2.20 bits per heavy atom. The van der Waals surface area contributed by atoms with Crippen LogP contribution in [0.2, 0.25) is 0 Å². The number of nitrogens with zero attached hydrogens (tertiary/aromatic N) is 1. The summed E-state index contributed by atoms with van der Waals surface area (Å²) in [6, 6.07) is 3.69. The van der Waals surface area contributed by atoms with Crippen molar-refractivity contribution in [3.05, 3.63) is 29.8 Å². The fraction of sp³-hybridized carbons (Fsp3) is 0.667. The highest BCUT2D eigenvalue weighted by atomic mass is 19.4. The summed E-state index contributed by atoms with van der Waals surface area (Å²) in [6.07, 6.45) is -18.0. The first-order chi connectivity index (χ1) is 13.7. The lowest BCUT2D eigenvalue weighted by atomic mass is 9.84. The molecule has 30 heavy (non-hydrogen) atoms. The Bertz CT molecular complexity index is 687. The number of halogens is 9. The molecule has 1 fully saturated rings. The first kappa shape index (κ1) is 24.6. The first-order valence-electron chi connectivity index (χ1n) is 9.06. The highest BCUT2D eigenvalue weighted by molar-refractivity contribution is 5.33. The Hall–Kier alpha value is -1.69. The molecule has 0 radical (unpaired) electrons. The van der Waals surface area contributed by atoms with Gasteiger partial charge in [0.05, 0.1) is 5.92 Å². The van der Waals surface area contributed by atoms with Crippen molar-refractivity contribution in [1.29, 1.82) is 0 Å². The van der Waals surface area contributed by atoms with Crippen LogP contribution in [0.1, 0.15) is 31.2 Å². The van der Waals surface area contributed by atoms with Crippen molar-refractivity contribution >= 4 is 0 Å². The van der Waals surface area contributed by atoms with Crippen molar-refractivity contribution in [1.82, 2.24) is 4.90 Å². The van der Waals surface area contributed by atoms with E-state index >= 15 is 0 Å². The molecule has 0 saturated heterocycles. The second kappa shape index (κ2) is 9.21. The molecular formula is C18H20F9NO2. The summed E-state index contributed by atoms with van der Waals surface area (Å²) in [4.78, 5) is 0.953. The highest BCUT2D eigenvalue weighted by Crippen LogP contribution is 2.40. The molecule has 1 aliphatic carbocycles. The van der Waals surface area contributed by atoms with E-state index in [1.807, 2.05) is 0 Å². The number of alkyl halides is 9. The number of hydrogen-bond acceptors (Lipinski definition) is 3. The molecule has 0 amide bonds. The van der Waals surface area contributed by atoms with Crippen LogP contribution in [-0.2, 0) is 6.54 Å². The fourth-order valence-corrected chi connectivity index (χ4v) is 3.54. The van der Waals surface area contributed by atoms with Crippen molar-refractivity contribution in [3.63, 3.8) is 0 Å². The third-order valence-corrected chi connectivity index (χ3v) is 4.98. The van der Waals surface area contributed by atoms with E-state index in [0.29, 0.717) is 0 Å². The maximum atomic E-state index is 13.1. The van der Waals surface area contributed by atoms with Crippen LogP contribution in [0.15, 0.2) is 24.3 Å². The molecule has 1 aromatic rings. The maximum absolute atomic E-state index is 13.1. The van der Waals surface area contributed by atoms with Crippen LogP contribution >= 0.6 is 0 Å². The van der Waals surface area contributed by atoms with E-state index in [9.17, 15) is 44.6 Å². The summed E-state index contributed by atoms with van der Waals surface area (Å²) in [6.45, 7) is -1.62. The van der Waals surface area contributed by atoms with Crippen LogP contribution in [-0.4, -0.2) is 47.4 Å². The molecule has 3 atom stereocenters. The average Bonchev–Trinajstić information content (AvgIpc) is 2.60. The number of benzene rings is 1. The summed E-state index contributed by atoms with van der Waals surface area (Å²) < 4.78 is 120. The maximum Gasteiger partial charge on any atom is 0.573 e. The van der Waals surface area contributed by atoms with Gasteiger partial charge in [0.1, 0.15) is 5.75 Å². The van der Waals surface area contributed by atoms with Crippen molar-refractivity contribution in [2.24, 2.45) is 5.92 Å². The summed E-state index contributed by atoms with van der Waals surface area (Å²) in [5.41, 5.74) is -0.154. The van der Waals surface area contributed by atoms with Crippen LogP contribution < -0.4 is 4.74 Å². The standard InChI is InChI=1S/C18H20F9NO2/c19-16(20,21)12-5-3-6-13(8-12)28(10-15(29)17(22,23)24)9-11-4-1-2-7-14(11)30-18(25,26)27/h1-2,4,7,12-13,15,29H,3,5-6,8-10H2. The molecular weight excluding hydrogens is 433 g/mol. The smallest absolute Gasteiger partial charge is 0.405 e. The molecule has 0 bridgehead atoms. The number of para-hydroxylation sites is 1. The molecule has 0 heterocycles. The van der Waals surface area contributed by atoms with Gasteiger partial charge in [-0.2, -0.15) is 26.3 Å². The van der Waals surface area contributed by atoms with Gasteiger partial charge in [-0.15, -0.1) is 13.2 Å². The molecule has 1 aliphatic rings. The topological polar surface area (TPSA) is 32.7 Å². The molecule has 0 aliphatic heterocycles. The minimum atomic E-state index is -5.06. The molecule has 0 aromatic heterocycles. The van der Waals surface area contributed by atoms with Crippen LogP contribution in [0, 0.1) is 5.92 Å². The highest BCUT2D eigenvalue weighted by Gasteiger charge is 2.45. The van der Waals surface area contributed by atoms with Gasteiger partial charge in [0, 0.05) is 24.7 Å². The van der Waals surface area contributed by atoms with E-state index in [4.69, 9.17) is 0 Å². The van der Waals surface area contributed by atoms with Gasteiger partial charge in [0.25, 0.3) is 0 Å². The van der Waals surface area contributed by atoms with Gasteiger partial charge in [-0.1, -0.05) is 24.6 Å². The summed E-state index contributed by atoms with van der Waals surface area (Å²) in [5.74, 6) is -2.40. The van der Waals surface area contributed by atoms with Crippen molar-refractivity contribution in [2.75, 3.05) is 6.54 Å². The molecule has 0 spiro atoms. The molecule has 3 nitrogen and oxygen atoms in total. The van der Waals surface area contributed by atoms with Crippen molar-refractivity contribution in [2.45, 2.75) is 63.1 Å². The first-order valence-corrected chi connectivity index (χ1v) is 9.06. The predicted molar refractivity (Wildman–Crippen MR) is 87.4 cm³/mol. The van der Waals surface area contributed by atoms with E-state index < -0.39 is 62.0 Å². The van der Waals surface area contributed by atoms with Gasteiger partial charge in [-0.05, 0) is 25.3 Å². The van der Waals surface area contributed by atoms with Crippen molar-refractivity contribution < 1.29 is 49.4 Å². The number of aliphatic hydroxyl groups excluding tert-OH is 1. The largest absolute Gasteiger partial charge is 0.573 e. The molecule has 1 saturated carbocycles. The van der Waals surface area contributed by atoms with Gasteiger partial charge in [0.15, 0.2) is 6.10 Å². The number of ether oxygens (including phenoxy) is 1. The van der Waals surface area contributed by atoms with Gasteiger partial charge >= 0.3 is 18.7 Å². The zero-order valence-electron chi connectivity index (χ0n) is 15.5. The summed E-state index contributed by atoms with van der Waals surface area (Å²) in [5, 5.41) is 9.45. The van der Waals surface area contributed by atoms with Gasteiger partial charge in [0.2, 0.25) is 0 Å². The fourth-order valence-electron chi connectivity index (χ4n) is 3.54. The lowest BCUT2D eigenvalue weighted by molar-refractivity contribution is -0.275. The number of aliphatic hydroxyl groups is 1. The minimum absolute atomic E-state index is 0.0914. The van der Waals surface area contributed by atoms with E-state index in [-0.39, 0.29) is 24.8 Å². The van der Waals surface area contributed by atoms with Crippen molar-refractivity contribution in [3.8, 4) is 5.75 Å². The second-order valence-electron chi connectivity index (χ2n) is 7.20. The summed E-state index contributed by atoms with van der Waals surface area (Å²) in [7, 11) is 0. The van der Waals surface area contributed by atoms with Crippen LogP contribution in [0.25, 0.3) is 0 Å². The zero-order valence-corrected chi connectivity index (χ0v) is 15.5. The van der Waals surface area contributed by atoms with Crippen LogP contribution in [0.5, 0.6) is 5.75 Å². The third-order valence-electron chi connectivity index (χ3n) is 4.98. The van der Waals surface area contributed by atoms with E-state index in [0.717, 1.165) is 11.0 Å². The molecule has 1 aromatic carbocycles. The molecule has 3 unspecified atom stereocenters. The summed E-state index contributed by atoms with van der Waals surface area (Å²) >= 11 is 0. The minimum Gasteiger partial charge on any atom is -0.405 e. The van der Waals surface area contributed by atoms with Gasteiger partial charge in [-0.25, -0.2) is 0 Å². The monoisotopic (exact) mass is 453 g/mol. The Morgan fingerprint density at radius 1 is 1.00 bits per heavy atom. The SMILES string of the molecule is OC(CN(Cc1ccccc1OC(F)(F)F)C1CCCC(C(F)(F)F)C1)C(F)(F)F. The number of rotatable bonds is 6. The Morgan fingerprint density at radius 2 is 1.63 bits per heavy atom. The Labute approximate surface area is 166 Å². The molecule has 172 valence electrons. The quantitative estimate of drug-likeness (QED) is 0.583. The third kappa shape index (κ3) is 7.22. The molecule has 12 heteroatoms. The van der Waals surface area contributed by atoms with E-state index in [1.54, 1.807) is 0 Å². The van der Waals surface area contributed by atoms with E-state index in [2.05, 4.69) is 4.74 Å². The lowest BCUT2D eigenvalue weighted by Gasteiger charge is -2.39. The normalized spacial score (nSPS) is 22.2. The Balaban J connectivity index is 2.29. The number of hydrogen-bond donors (Lipinski definition) is 1. The van der Waals surface area contributed by atoms with E-state index in [1.165, 1.54) is 18.2 Å². The Kier molecular flexibility index (Phi) is 7.54. The van der Waals surface area contributed by atoms with Crippen LogP contribution in [0.3, 0.4) is 0 Å². The van der Waals surface area contributed by atoms with Crippen LogP contribution in [0.4, 0.5) is 39.5 Å². The predicted octanol–water partition coefficient (Wildman–Crippen LogP) is 5.43. The molecule has 1 N–H and O–H groups in total. The second-order valence-corrected chi connectivity index (χ2v) is 7.20. The lowest BCUT2D eigenvalue weighted by Crippen LogP contribution is -2.47.